The van der Waals surface area contributed by atoms with Crippen LogP contribution in [0, 0.1) is 0 Å². The van der Waals surface area contributed by atoms with Gasteiger partial charge < -0.3 is 10.6 Å². The SMILES string of the molecule is Nc1nccc(C(=O)N2CCCc3ccccc32)n1. The highest BCUT2D eigenvalue weighted by Crippen LogP contribution is 2.27. The number of anilines is 2. The Bertz CT molecular complexity index is 626. The average Bonchev–Trinajstić information content (AvgIpc) is 2.46. The summed E-state index contributed by atoms with van der Waals surface area (Å²) in [6.45, 7) is 0.708. The first-order valence-electron chi connectivity index (χ1n) is 6.24. The molecule has 0 saturated heterocycles. The van der Waals surface area contributed by atoms with Crippen molar-refractivity contribution in [3.05, 3.63) is 47.8 Å². The van der Waals surface area contributed by atoms with Gasteiger partial charge in [-0.25, -0.2) is 9.97 Å². The molecule has 1 aromatic heterocycles. The van der Waals surface area contributed by atoms with Gasteiger partial charge in [0.15, 0.2) is 0 Å². The van der Waals surface area contributed by atoms with Crippen molar-refractivity contribution in [2.24, 2.45) is 0 Å². The summed E-state index contributed by atoms with van der Waals surface area (Å²) in [5.74, 6) is -0.00241. The molecule has 2 aromatic rings. The van der Waals surface area contributed by atoms with E-state index in [2.05, 4.69) is 16.0 Å². The van der Waals surface area contributed by atoms with Gasteiger partial charge in [-0.15, -0.1) is 0 Å². The van der Waals surface area contributed by atoms with Gasteiger partial charge in [0.05, 0.1) is 0 Å². The van der Waals surface area contributed by atoms with Crippen molar-refractivity contribution in [1.82, 2.24) is 9.97 Å². The molecule has 2 N–H and O–H groups in total. The Balaban J connectivity index is 1.98. The van der Waals surface area contributed by atoms with Gasteiger partial charge in [-0.05, 0) is 30.5 Å². The van der Waals surface area contributed by atoms with E-state index in [1.54, 1.807) is 11.0 Å². The van der Waals surface area contributed by atoms with Gasteiger partial charge in [0.25, 0.3) is 5.91 Å². The standard InChI is InChI=1S/C14H14N4O/c15-14-16-8-7-11(17-14)13(19)18-9-3-5-10-4-1-2-6-12(10)18/h1-2,4,6-8H,3,5,9H2,(H2,15,16,17). The number of rotatable bonds is 1. The molecule has 0 aliphatic carbocycles. The topological polar surface area (TPSA) is 72.1 Å². The lowest BCUT2D eigenvalue weighted by molar-refractivity contribution is 0.0980. The monoisotopic (exact) mass is 254 g/mol. The van der Waals surface area contributed by atoms with Crippen LogP contribution in [0.1, 0.15) is 22.5 Å². The van der Waals surface area contributed by atoms with Crippen LogP contribution in [0.3, 0.4) is 0 Å². The molecule has 96 valence electrons. The maximum absolute atomic E-state index is 12.5. The van der Waals surface area contributed by atoms with Crippen LogP contribution < -0.4 is 10.6 Å². The zero-order valence-corrected chi connectivity index (χ0v) is 10.4. The summed E-state index contributed by atoms with van der Waals surface area (Å²) in [5, 5.41) is 0. The molecule has 0 fully saturated rings. The van der Waals surface area contributed by atoms with Gasteiger partial charge in [0.1, 0.15) is 5.69 Å². The first-order chi connectivity index (χ1) is 9.25. The molecule has 1 amide bonds. The Morgan fingerprint density at radius 1 is 1.26 bits per heavy atom. The Morgan fingerprint density at radius 3 is 2.95 bits per heavy atom. The second-order valence-electron chi connectivity index (χ2n) is 4.49. The third-order valence-electron chi connectivity index (χ3n) is 3.25. The van der Waals surface area contributed by atoms with Gasteiger partial charge in [-0.1, -0.05) is 18.2 Å². The molecule has 2 heterocycles. The zero-order chi connectivity index (χ0) is 13.2. The molecule has 1 aromatic carbocycles. The normalized spacial score (nSPS) is 14.0. The van der Waals surface area contributed by atoms with E-state index in [1.807, 2.05) is 18.2 Å². The van der Waals surface area contributed by atoms with Crippen molar-refractivity contribution in [1.29, 1.82) is 0 Å². The second kappa shape index (κ2) is 4.68. The van der Waals surface area contributed by atoms with Crippen LogP contribution in [0.4, 0.5) is 11.6 Å². The van der Waals surface area contributed by atoms with E-state index in [4.69, 9.17) is 5.73 Å². The van der Waals surface area contributed by atoms with Crippen molar-refractivity contribution >= 4 is 17.5 Å². The van der Waals surface area contributed by atoms with Crippen LogP contribution in [0.2, 0.25) is 0 Å². The minimum absolute atomic E-state index is 0.121. The van der Waals surface area contributed by atoms with Gasteiger partial charge in [0.2, 0.25) is 5.95 Å². The number of carbonyl (C=O) groups excluding carboxylic acids is 1. The number of carbonyl (C=O) groups is 1. The maximum Gasteiger partial charge on any atom is 0.277 e. The number of nitrogens with two attached hydrogens (primary N) is 1. The largest absolute Gasteiger partial charge is 0.368 e. The lowest BCUT2D eigenvalue weighted by atomic mass is 10.0. The maximum atomic E-state index is 12.5. The van der Waals surface area contributed by atoms with Gasteiger partial charge in [-0.2, -0.15) is 0 Å². The van der Waals surface area contributed by atoms with Crippen molar-refractivity contribution in [2.75, 3.05) is 17.2 Å². The van der Waals surface area contributed by atoms with Crippen molar-refractivity contribution in [3.8, 4) is 0 Å². The average molecular weight is 254 g/mol. The summed E-state index contributed by atoms with van der Waals surface area (Å²) in [6.07, 6.45) is 3.47. The Morgan fingerprint density at radius 2 is 2.11 bits per heavy atom. The Hall–Kier alpha value is -2.43. The number of aryl methyl sites for hydroxylation is 1. The van der Waals surface area contributed by atoms with Gasteiger partial charge >= 0.3 is 0 Å². The van der Waals surface area contributed by atoms with Crippen LogP contribution in [-0.2, 0) is 6.42 Å². The molecule has 5 nitrogen and oxygen atoms in total. The fraction of sp³-hybridized carbons (Fsp3) is 0.214. The van der Waals surface area contributed by atoms with Gasteiger partial charge in [-0.3, -0.25) is 4.79 Å². The third-order valence-corrected chi connectivity index (χ3v) is 3.25. The van der Waals surface area contributed by atoms with Crippen LogP contribution >= 0.6 is 0 Å². The lowest BCUT2D eigenvalue weighted by Crippen LogP contribution is -2.36. The number of fused-ring (bicyclic) bond motifs is 1. The highest BCUT2D eigenvalue weighted by Gasteiger charge is 2.24. The number of aromatic nitrogens is 2. The minimum Gasteiger partial charge on any atom is -0.368 e. The van der Waals surface area contributed by atoms with E-state index < -0.39 is 0 Å². The Kier molecular flexibility index (Phi) is 2.87. The lowest BCUT2D eigenvalue weighted by Gasteiger charge is -2.29. The number of hydrogen-bond acceptors (Lipinski definition) is 4. The molecule has 1 aliphatic heterocycles. The summed E-state index contributed by atoms with van der Waals surface area (Å²) in [4.78, 5) is 22.1. The molecule has 0 radical (unpaired) electrons. The smallest absolute Gasteiger partial charge is 0.277 e. The number of benzene rings is 1. The van der Waals surface area contributed by atoms with E-state index >= 15 is 0 Å². The first-order valence-corrected chi connectivity index (χ1v) is 6.24. The van der Waals surface area contributed by atoms with E-state index in [1.165, 1.54) is 11.8 Å². The molecule has 0 bridgehead atoms. The second-order valence-corrected chi connectivity index (χ2v) is 4.49. The molecule has 0 saturated carbocycles. The molecule has 0 unspecified atom stereocenters. The molecule has 5 heteroatoms. The van der Waals surface area contributed by atoms with Crippen molar-refractivity contribution < 1.29 is 4.79 Å². The molecule has 1 aliphatic rings. The van der Waals surface area contributed by atoms with E-state index in [-0.39, 0.29) is 11.9 Å². The first kappa shape index (κ1) is 11.6. The molecule has 19 heavy (non-hydrogen) atoms. The fourth-order valence-corrected chi connectivity index (χ4v) is 2.38. The molecule has 0 spiro atoms. The van der Waals surface area contributed by atoms with Crippen LogP contribution in [0.5, 0.6) is 0 Å². The predicted octanol–water partition coefficient (Wildman–Crippen LogP) is 1.65. The summed E-state index contributed by atoms with van der Waals surface area (Å²) >= 11 is 0. The quantitative estimate of drug-likeness (QED) is 0.840. The highest BCUT2D eigenvalue weighted by molar-refractivity contribution is 6.05. The van der Waals surface area contributed by atoms with Crippen LogP contribution in [-0.4, -0.2) is 22.4 Å². The zero-order valence-electron chi connectivity index (χ0n) is 10.4. The summed E-state index contributed by atoms with van der Waals surface area (Å²) in [5.41, 5.74) is 8.03. The number of nitrogens with zero attached hydrogens (tertiary/aromatic N) is 3. The van der Waals surface area contributed by atoms with Crippen molar-refractivity contribution in [3.63, 3.8) is 0 Å². The molecule has 0 atom stereocenters. The molecular weight excluding hydrogens is 240 g/mol. The molecular formula is C14H14N4O. The van der Waals surface area contributed by atoms with Gasteiger partial charge in [0, 0.05) is 18.4 Å². The van der Waals surface area contributed by atoms with Crippen LogP contribution in [0.15, 0.2) is 36.5 Å². The summed E-state index contributed by atoms with van der Waals surface area (Å²) < 4.78 is 0. The number of nitrogen functional groups attached to an aromatic ring is 1. The van der Waals surface area contributed by atoms with Crippen molar-refractivity contribution in [2.45, 2.75) is 12.8 Å². The van der Waals surface area contributed by atoms with E-state index in [9.17, 15) is 4.79 Å². The van der Waals surface area contributed by atoms with Crippen LogP contribution in [0.25, 0.3) is 0 Å². The Labute approximate surface area is 111 Å². The minimum atomic E-state index is -0.124. The fourth-order valence-electron chi connectivity index (χ4n) is 2.38. The summed E-state index contributed by atoms with van der Waals surface area (Å²) in [7, 11) is 0. The van der Waals surface area contributed by atoms with E-state index in [0.29, 0.717) is 12.2 Å². The predicted molar refractivity (Wildman–Crippen MR) is 72.9 cm³/mol. The number of hydrogen-bond donors (Lipinski definition) is 1. The highest BCUT2D eigenvalue weighted by atomic mass is 16.2. The third kappa shape index (κ3) is 2.14. The summed E-state index contributed by atoms with van der Waals surface area (Å²) in [6, 6.07) is 9.56. The van der Waals surface area contributed by atoms with E-state index in [0.717, 1.165) is 18.5 Å². The number of amides is 1. The molecule has 3 rings (SSSR count). The number of para-hydroxylation sites is 1.